The summed E-state index contributed by atoms with van der Waals surface area (Å²) < 4.78 is 0. The predicted molar refractivity (Wildman–Crippen MR) is 83.2 cm³/mol. The van der Waals surface area contributed by atoms with Crippen LogP contribution in [0.4, 0.5) is 4.79 Å². The number of carbonyl (C=O) groups excluding carboxylic acids is 1. The molecule has 0 unspecified atom stereocenters. The molecule has 1 aliphatic carbocycles. The zero-order chi connectivity index (χ0) is 16.0. The van der Waals surface area contributed by atoms with E-state index in [4.69, 9.17) is 0 Å². The van der Waals surface area contributed by atoms with Gasteiger partial charge in [0.25, 0.3) is 0 Å². The Morgan fingerprint density at radius 1 is 1.10 bits per heavy atom. The van der Waals surface area contributed by atoms with E-state index in [1.54, 1.807) is 4.90 Å². The van der Waals surface area contributed by atoms with E-state index in [0.717, 1.165) is 12.8 Å². The van der Waals surface area contributed by atoms with Crippen LogP contribution in [0.1, 0.15) is 53.4 Å². The maximum atomic E-state index is 12.4. The monoisotopic (exact) mass is 298 g/mol. The van der Waals surface area contributed by atoms with Crippen LogP contribution in [0.25, 0.3) is 0 Å². The molecular formula is C16H30N2O3. The number of nitrogens with zero attached hydrogens (tertiary/aromatic N) is 1. The molecule has 0 radical (unpaired) electrons. The lowest BCUT2D eigenvalue weighted by Gasteiger charge is -2.29. The van der Waals surface area contributed by atoms with E-state index in [1.807, 2.05) is 0 Å². The summed E-state index contributed by atoms with van der Waals surface area (Å²) in [4.78, 5) is 25.7. The Bertz CT molecular complexity index is 351. The van der Waals surface area contributed by atoms with Gasteiger partial charge in [-0.3, -0.25) is 4.79 Å². The van der Waals surface area contributed by atoms with Crippen molar-refractivity contribution < 1.29 is 14.7 Å². The third kappa shape index (κ3) is 5.21. The second kappa shape index (κ2) is 7.66. The van der Waals surface area contributed by atoms with Crippen molar-refractivity contribution in [1.29, 1.82) is 0 Å². The molecule has 21 heavy (non-hydrogen) atoms. The lowest BCUT2D eigenvalue weighted by atomic mass is 9.86. The minimum atomic E-state index is -0.778. The largest absolute Gasteiger partial charge is 0.481 e. The van der Waals surface area contributed by atoms with Gasteiger partial charge in [0.2, 0.25) is 0 Å². The van der Waals surface area contributed by atoms with Crippen LogP contribution in [0.15, 0.2) is 0 Å². The molecule has 122 valence electrons. The molecule has 2 amide bonds. The summed E-state index contributed by atoms with van der Waals surface area (Å²) in [5, 5.41) is 12.3. The minimum Gasteiger partial charge on any atom is -0.481 e. The second-order valence-electron chi connectivity index (χ2n) is 7.14. The van der Waals surface area contributed by atoms with Crippen LogP contribution < -0.4 is 5.32 Å². The molecule has 0 aromatic carbocycles. The molecule has 1 fully saturated rings. The Morgan fingerprint density at radius 3 is 1.95 bits per heavy atom. The molecule has 1 rings (SSSR count). The van der Waals surface area contributed by atoms with Crippen LogP contribution in [0.5, 0.6) is 0 Å². The van der Waals surface area contributed by atoms with E-state index in [0.29, 0.717) is 37.8 Å². The number of urea groups is 1. The number of rotatable bonds is 7. The number of hydrogen-bond acceptors (Lipinski definition) is 2. The first kappa shape index (κ1) is 17.8. The smallest absolute Gasteiger partial charge is 0.317 e. The highest BCUT2D eigenvalue weighted by molar-refractivity contribution is 5.78. The summed E-state index contributed by atoms with van der Waals surface area (Å²) in [6.07, 6.45) is 3.20. The van der Waals surface area contributed by atoms with Crippen molar-refractivity contribution in [2.75, 3.05) is 19.6 Å². The standard InChI is InChI=1S/C16H30N2O3/c1-12(2)9-18(10-13(3)4)15(21)17-11-16(14(19)20)7-5-6-8-16/h12-13H,5-11H2,1-4H3,(H,17,21)(H,19,20). The Morgan fingerprint density at radius 2 is 1.57 bits per heavy atom. The van der Waals surface area contributed by atoms with Gasteiger partial charge < -0.3 is 15.3 Å². The van der Waals surface area contributed by atoms with Gasteiger partial charge in [-0.15, -0.1) is 0 Å². The fourth-order valence-electron chi connectivity index (χ4n) is 3.00. The SMILES string of the molecule is CC(C)CN(CC(C)C)C(=O)NCC1(C(=O)O)CCCC1. The molecule has 5 nitrogen and oxygen atoms in total. The highest BCUT2D eigenvalue weighted by Crippen LogP contribution is 2.37. The molecule has 2 N–H and O–H groups in total. The average Bonchev–Trinajstić information content (AvgIpc) is 2.84. The van der Waals surface area contributed by atoms with Gasteiger partial charge in [-0.05, 0) is 24.7 Å². The van der Waals surface area contributed by atoms with E-state index >= 15 is 0 Å². The fourth-order valence-corrected chi connectivity index (χ4v) is 3.00. The third-order valence-electron chi connectivity index (χ3n) is 4.05. The molecule has 1 aliphatic rings. The van der Waals surface area contributed by atoms with Crippen molar-refractivity contribution >= 4 is 12.0 Å². The Hall–Kier alpha value is -1.26. The average molecular weight is 298 g/mol. The number of carbonyl (C=O) groups is 2. The van der Waals surface area contributed by atoms with E-state index in [2.05, 4.69) is 33.0 Å². The van der Waals surface area contributed by atoms with Gasteiger partial charge in [0, 0.05) is 19.6 Å². The van der Waals surface area contributed by atoms with Gasteiger partial charge in [-0.25, -0.2) is 4.79 Å². The Balaban J connectivity index is 2.61. The molecule has 0 spiro atoms. The molecule has 0 aliphatic heterocycles. The molecule has 0 bridgehead atoms. The summed E-state index contributed by atoms with van der Waals surface area (Å²) in [5.41, 5.74) is -0.753. The molecule has 0 saturated heterocycles. The first-order valence-electron chi connectivity index (χ1n) is 8.03. The lowest BCUT2D eigenvalue weighted by Crippen LogP contribution is -2.48. The zero-order valence-electron chi connectivity index (χ0n) is 13.8. The maximum Gasteiger partial charge on any atom is 0.317 e. The van der Waals surface area contributed by atoms with E-state index in [-0.39, 0.29) is 12.6 Å². The second-order valence-corrected chi connectivity index (χ2v) is 7.14. The van der Waals surface area contributed by atoms with Crippen molar-refractivity contribution in [3.8, 4) is 0 Å². The summed E-state index contributed by atoms with van der Waals surface area (Å²) in [6, 6.07) is -0.134. The summed E-state index contributed by atoms with van der Waals surface area (Å²) >= 11 is 0. The summed E-state index contributed by atoms with van der Waals surface area (Å²) in [7, 11) is 0. The fraction of sp³-hybridized carbons (Fsp3) is 0.875. The molecule has 0 atom stereocenters. The van der Waals surface area contributed by atoms with Crippen LogP contribution in [0, 0.1) is 17.3 Å². The van der Waals surface area contributed by atoms with Gasteiger partial charge in [0.15, 0.2) is 0 Å². The molecular weight excluding hydrogens is 268 g/mol. The van der Waals surface area contributed by atoms with Crippen LogP contribution in [-0.4, -0.2) is 41.6 Å². The van der Waals surface area contributed by atoms with Crippen molar-refractivity contribution in [3.63, 3.8) is 0 Å². The first-order chi connectivity index (χ1) is 9.77. The van der Waals surface area contributed by atoms with Gasteiger partial charge in [-0.2, -0.15) is 0 Å². The van der Waals surface area contributed by atoms with E-state index < -0.39 is 11.4 Å². The Labute approximate surface area is 128 Å². The van der Waals surface area contributed by atoms with Crippen molar-refractivity contribution in [2.45, 2.75) is 53.4 Å². The number of aliphatic carboxylic acids is 1. The van der Waals surface area contributed by atoms with E-state index in [1.165, 1.54) is 0 Å². The summed E-state index contributed by atoms with van der Waals surface area (Å²) in [5.74, 6) is 0.0170. The quantitative estimate of drug-likeness (QED) is 0.759. The molecule has 0 heterocycles. The van der Waals surface area contributed by atoms with Gasteiger partial charge in [-0.1, -0.05) is 40.5 Å². The normalized spacial score (nSPS) is 17.2. The predicted octanol–water partition coefficient (Wildman–Crippen LogP) is 2.96. The minimum absolute atomic E-state index is 0.134. The zero-order valence-corrected chi connectivity index (χ0v) is 13.8. The first-order valence-corrected chi connectivity index (χ1v) is 8.03. The van der Waals surface area contributed by atoms with E-state index in [9.17, 15) is 14.7 Å². The van der Waals surface area contributed by atoms with Crippen LogP contribution in [0.2, 0.25) is 0 Å². The highest BCUT2D eigenvalue weighted by atomic mass is 16.4. The van der Waals surface area contributed by atoms with Crippen LogP contribution in [0.3, 0.4) is 0 Å². The van der Waals surface area contributed by atoms with Crippen molar-refractivity contribution in [1.82, 2.24) is 10.2 Å². The topological polar surface area (TPSA) is 69.6 Å². The highest BCUT2D eigenvalue weighted by Gasteiger charge is 2.41. The molecule has 1 saturated carbocycles. The van der Waals surface area contributed by atoms with Crippen LogP contribution in [-0.2, 0) is 4.79 Å². The molecule has 0 aromatic heterocycles. The third-order valence-corrected chi connectivity index (χ3v) is 4.05. The lowest BCUT2D eigenvalue weighted by molar-refractivity contribution is -0.148. The number of nitrogens with one attached hydrogen (secondary N) is 1. The molecule has 0 aromatic rings. The number of carboxylic acid groups (broad SMARTS) is 1. The number of carboxylic acids is 1. The summed E-state index contributed by atoms with van der Waals surface area (Å²) in [6.45, 7) is 9.96. The van der Waals surface area contributed by atoms with Crippen molar-refractivity contribution in [3.05, 3.63) is 0 Å². The maximum absolute atomic E-state index is 12.4. The number of hydrogen-bond donors (Lipinski definition) is 2. The van der Waals surface area contributed by atoms with Gasteiger partial charge in [0.05, 0.1) is 5.41 Å². The van der Waals surface area contributed by atoms with Gasteiger partial charge >= 0.3 is 12.0 Å². The molecule has 5 heteroatoms. The van der Waals surface area contributed by atoms with Gasteiger partial charge in [0.1, 0.15) is 0 Å². The number of amides is 2. The van der Waals surface area contributed by atoms with Crippen LogP contribution >= 0.6 is 0 Å². The van der Waals surface area contributed by atoms with Crippen molar-refractivity contribution in [2.24, 2.45) is 17.3 Å². The Kier molecular flexibility index (Phi) is 6.49.